The molecule has 0 saturated heterocycles. The van der Waals surface area contributed by atoms with Crippen molar-refractivity contribution in [1.82, 2.24) is 0 Å². The molecular weight excluding hydrogens is 155 g/mol. The second-order valence-corrected chi connectivity index (χ2v) is 2.26. The molecule has 0 radical (unpaired) electrons. The molecule has 0 aromatic heterocycles. The number of rotatable bonds is 3. The normalized spacial score (nSPS) is 15.7. The van der Waals surface area contributed by atoms with Crippen LogP contribution in [0.4, 0.5) is 13.2 Å². The van der Waals surface area contributed by atoms with Gasteiger partial charge in [0.25, 0.3) is 0 Å². The first kappa shape index (κ1) is 10.5. The van der Waals surface area contributed by atoms with Crippen LogP contribution in [0.3, 0.4) is 0 Å². The summed E-state index contributed by atoms with van der Waals surface area (Å²) in [5, 5.41) is 0. The molecule has 0 spiro atoms. The predicted molar refractivity (Wildman–Crippen MR) is 38.1 cm³/mol. The molecule has 0 aromatic rings. The van der Waals surface area contributed by atoms with Crippen LogP contribution in [0, 0.1) is 0 Å². The van der Waals surface area contributed by atoms with E-state index in [-0.39, 0.29) is 6.42 Å². The molecule has 0 rings (SSSR count). The molecule has 0 aromatic carbocycles. The fourth-order valence-corrected chi connectivity index (χ4v) is 0.543. The minimum absolute atomic E-state index is 0.128. The molecule has 0 aliphatic carbocycles. The number of alkyl halides is 3. The zero-order chi connectivity index (χ0) is 8.91. The van der Waals surface area contributed by atoms with Crippen molar-refractivity contribution in [2.75, 3.05) is 0 Å². The third-order valence-electron chi connectivity index (χ3n) is 1.21. The second kappa shape index (κ2) is 4.38. The van der Waals surface area contributed by atoms with Crippen molar-refractivity contribution in [3.8, 4) is 0 Å². The summed E-state index contributed by atoms with van der Waals surface area (Å²) in [6.45, 7) is 1.86. The molecule has 0 saturated carbocycles. The third-order valence-corrected chi connectivity index (χ3v) is 1.21. The van der Waals surface area contributed by atoms with E-state index in [0.29, 0.717) is 0 Å². The van der Waals surface area contributed by atoms with Gasteiger partial charge >= 0.3 is 6.18 Å². The Hall–Kier alpha value is -0.510. The maximum atomic E-state index is 11.7. The molecule has 66 valence electrons. The first-order chi connectivity index (χ1) is 4.98. The molecule has 0 amide bonds. The van der Waals surface area contributed by atoms with Gasteiger partial charge in [0, 0.05) is 0 Å². The minimum Gasteiger partial charge on any atom is -0.320 e. The third kappa shape index (κ3) is 4.84. The van der Waals surface area contributed by atoms with Crippen molar-refractivity contribution in [3.63, 3.8) is 0 Å². The summed E-state index contributed by atoms with van der Waals surface area (Å²) in [6, 6.07) is -1.72. The molecule has 4 heteroatoms. The Morgan fingerprint density at radius 2 is 1.91 bits per heavy atom. The van der Waals surface area contributed by atoms with E-state index in [1.54, 1.807) is 6.08 Å². The van der Waals surface area contributed by atoms with Gasteiger partial charge in [-0.2, -0.15) is 13.2 Å². The van der Waals surface area contributed by atoms with Gasteiger partial charge in [0.2, 0.25) is 0 Å². The Morgan fingerprint density at radius 3 is 2.27 bits per heavy atom. The number of allylic oxidation sites excluding steroid dienone is 1. The van der Waals surface area contributed by atoms with E-state index in [0.717, 1.165) is 6.42 Å². The van der Waals surface area contributed by atoms with E-state index < -0.39 is 12.2 Å². The van der Waals surface area contributed by atoms with Crippen LogP contribution in [0.1, 0.15) is 19.8 Å². The van der Waals surface area contributed by atoms with E-state index in [4.69, 9.17) is 5.73 Å². The zero-order valence-corrected chi connectivity index (χ0v) is 6.36. The number of halogens is 3. The largest absolute Gasteiger partial charge is 0.403 e. The molecule has 0 aliphatic heterocycles. The van der Waals surface area contributed by atoms with Gasteiger partial charge in [0.05, 0.1) is 0 Å². The van der Waals surface area contributed by atoms with Crippen LogP contribution in [0.5, 0.6) is 0 Å². The van der Waals surface area contributed by atoms with Gasteiger partial charge in [0.1, 0.15) is 6.04 Å². The average Bonchev–Trinajstić information content (AvgIpc) is 1.86. The predicted octanol–water partition coefficient (Wildman–Crippen LogP) is 2.23. The summed E-state index contributed by atoms with van der Waals surface area (Å²) in [5.41, 5.74) is 4.82. The van der Waals surface area contributed by atoms with Crippen molar-refractivity contribution in [2.24, 2.45) is 5.73 Å². The molecular formula is C7H12F3N. The van der Waals surface area contributed by atoms with Crippen molar-refractivity contribution in [3.05, 3.63) is 12.2 Å². The second-order valence-electron chi connectivity index (χ2n) is 2.26. The molecule has 0 aliphatic rings. The molecule has 1 unspecified atom stereocenters. The maximum Gasteiger partial charge on any atom is 0.403 e. The summed E-state index contributed by atoms with van der Waals surface area (Å²) in [4.78, 5) is 0. The van der Waals surface area contributed by atoms with Crippen molar-refractivity contribution >= 4 is 0 Å². The Labute approximate surface area is 64.1 Å². The van der Waals surface area contributed by atoms with Gasteiger partial charge < -0.3 is 5.73 Å². The quantitative estimate of drug-likeness (QED) is 0.641. The molecule has 11 heavy (non-hydrogen) atoms. The Kier molecular flexibility index (Phi) is 4.18. The van der Waals surface area contributed by atoms with Crippen LogP contribution in [0.25, 0.3) is 0 Å². The fraction of sp³-hybridized carbons (Fsp3) is 0.714. The summed E-state index contributed by atoms with van der Waals surface area (Å²) in [5.74, 6) is 0. The minimum atomic E-state index is -4.27. The Balaban J connectivity index is 3.69. The lowest BCUT2D eigenvalue weighted by molar-refractivity contribution is -0.146. The highest BCUT2D eigenvalue weighted by Gasteiger charge is 2.35. The monoisotopic (exact) mass is 167 g/mol. The van der Waals surface area contributed by atoms with Crippen LogP contribution in [0.15, 0.2) is 12.2 Å². The fourth-order valence-electron chi connectivity index (χ4n) is 0.543. The van der Waals surface area contributed by atoms with E-state index in [1.807, 2.05) is 6.92 Å². The van der Waals surface area contributed by atoms with Crippen LogP contribution in [-0.2, 0) is 0 Å². The van der Waals surface area contributed by atoms with Gasteiger partial charge in [-0.3, -0.25) is 0 Å². The number of nitrogens with two attached hydrogens (primary N) is 1. The Morgan fingerprint density at radius 1 is 1.36 bits per heavy atom. The zero-order valence-electron chi connectivity index (χ0n) is 6.36. The standard InChI is InChI=1S/C7H12F3N/c1-2-3-4-5-6(11)7(8,9)10/h3-4,6H,2,5,11H2,1H3/b4-3+. The van der Waals surface area contributed by atoms with Gasteiger partial charge in [-0.05, 0) is 12.8 Å². The maximum absolute atomic E-state index is 11.7. The Bertz CT molecular complexity index is 128. The first-order valence-corrected chi connectivity index (χ1v) is 3.45. The van der Waals surface area contributed by atoms with Gasteiger partial charge in [0.15, 0.2) is 0 Å². The van der Waals surface area contributed by atoms with E-state index in [1.165, 1.54) is 6.08 Å². The van der Waals surface area contributed by atoms with Gasteiger partial charge in [-0.25, -0.2) is 0 Å². The molecule has 0 heterocycles. The van der Waals surface area contributed by atoms with E-state index in [9.17, 15) is 13.2 Å². The topological polar surface area (TPSA) is 26.0 Å². The van der Waals surface area contributed by atoms with Gasteiger partial charge in [-0.1, -0.05) is 19.1 Å². The molecule has 0 bridgehead atoms. The summed E-state index contributed by atoms with van der Waals surface area (Å²) in [6.07, 6.45) is -0.524. The van der Waals surface area contributed by atoms with Crippen LogP contribution < -0.4 is 5.73 Å². The highest BCUT2D eigenvalue weighted by Crippen LogP contribution is 2.20. The summed E-state index contributed by atoms with van der Waals surface area (Å²) in [7, 11) is 0. The number of hydrogen-bond acceptors (Lipinski definition) is 1. The van der Waals surface area contributed by atoms with Gasteiger partial charge in [-0.15, -0.1) is 0 Å². The van der Waals surface area contributed by atoms with Crippen LogP contribution in [0.2, 0.25) is 0 Å². The SMILES string of the molecule is CC/C=C/CC(N)C(F)(F)F. The van der Waals surface area contributed by atoms with Crippen LogP contribution in [-0.4, -0.2) is 12.2 Å². The number of hydrogen-bond donors (Lipinski definition) is 1. The first-order valence-electron chi connectivity index (χ1n) is 3.45. The molecule has 1 nitrogen and oxygen atoms in total. The highest BCUT2D eigenvalue weighted by atomic mass is 19.4. The van der Waals surface area contributed by atoms with E-state index in [2.05, 4.69) is 0 Å². The van der Waals surface area contributed by atoms with Crippen molar-refractivity contribution in [1.29, 1.82) is 0 Å². The van der Waals surface area contributed by atoms with Crippen molar-refractivity contribution < 1.29 is 13.2 Å². The highest BCUT2D eigenvalue weighted by molar-refractivity contribution is 4.86. The average molecular weight is 167 g/mol. The van der Waals surface area contributed by atoms with Crippen LogP contribution >= 0.6 is 0 Å². The molecule has 0 fully saturated rings. The van der Waals surface area contributed by atoms with Crippen molar-refractivity contribution in [2.45, 2.75) is 32.0 Å². The molecule has 2 N–H and O–H groups in total. The summed E-state index contributed by atoms with van der Waals surface area (Å²) >= 11 is 0. The lowest BCUT2D eigenvalue weighted by Crippen LogP contribution is -2.36. The molecule has 1 atom stereocenters. The lowest BCUT2D eigenvalue weighted by Gasteiger charge is -2.12. The van der Waals surface area contributed by atoms with E-state index >= 15 is 0 Å². The lowest BCUT2D eigenvalue weighted by atomic mass is 10.2. The summed E-state index contributed by atoms with van der Waals surface area (Å²) < 4.78 is 35.2. The smallest absolute Gasteiger partial charge is 0.320 e.